The van der Waals surface area contributed by atoms with Crippen molar-refractivity contribution in [3.05, 3.63) is 99.8 Å². The first-order chi connectivity index (χ1) is 18.4. The minimum atomic E-state index is -0.919. The third-order valence-corrected chi connectivity index (χ3v) is 7.91. The van der Waals surface area contributed by atoms with E-state index in [4.69, 9.17) is 16.3 Å². The molecule has 0 saturated carbocycles. The molecule has 0 unspecified atom stereocenters. The van der Waals surface area contributed by atoms with E-state index >= 15 is 0 Å². The van der Waals surface area contributed by atoms with Crippen LogP contribution in [0.25, 0.3) is 5.57 Å². The Morgan fingerprint density at radius 2 is 1.89 bits per heavy atom. The summed E-state index contributed by atoms with van der Waals surface area (Å²) in [5.74, 6) is 0.840. The molecule has 2 N–H and O–H groups in total. The zero-order valence-electron chi connectivity index (χ0n) is 22.4. The molecule has 2 aromatic carbocycles. The number of rotatable bonds is 8. The van der Waals surface area contributed by atoms with Crippen LogP contribution >= 0.6 is 11.6 Å². The van der Waals surface area contributed by atoms with Gasteiger partial charge in [-0.1, -0.05) is 41.9 Å². The number of piperidine rings is 1. The van der Waals surface area contributed by atoms with E-state index in [1.807, 2.05) is 50.4 Å². The molecular formula is C32H38ClN3O2. The molecule has 0 bridgehead atoms. The first-order valence-corrected chi connectivity index (χ1v) is 14.1. The number of halogens is 1. The Balaban J connectivity index is 1.20. The van der Waals surface area contributed by atoms with Gasteiger partial charge in [0.15, 0.2) is 0 Å². The maximum absolute atomic E-state index is 10.6. The monoisotopic (exact) mass is 531 g/mol. The molecule has 2 aliphatic rings. The number of aromatic nitrogens is 1. The van der Waals surface area contributed by atoms with Crippen molar-refractivity contribution in [2.24, 2.45) is 0 Å². The zero-order valence-corrected chi connectivity index (χ0v) is 23.2. The van der Waals surface area contributed by atoms with Crippen LogP contribution in [0, 0.1) is 0 Å². The summed E-state index contributed by atoms with van der Waals surface area (Å²) in [6.07, 6.45) is 8.49. The van der Waals surface area contributed by atoms with Gasteiger partial charge >= 0.3 is 0 Å². The molecule has 1 fully saturated rings. The average molecular weight is 532 g/mol. The third-order valence-electron chi connectivity index (χ3n) is 7.66. The fourth-order valence-electron chi connectivity index (χ4n) is 5.38. The molecule has 200 valence electrons. The standard InChI is InChI=1S/C32H38ClN3O2/c1-32(2,37)24-9-12-31-29(21-24)27(28-5-3-16-35-30(28)22-38-31)6-4-18-36-19-14-26(15-20-36)34-17-13-23-7-10-25(33)11-8-23/h3,5-12,16,21,26,34,37H,4,13-15,17-20,22H2,1-2H3. The van der Waals surface area contributed by atoms with Gasteiger partial charge in [0.05, 0.1) is 11.3 Å². The molecule has 3 heterocycles. The van der Waals surface area contributed by atoms with Gasteiger partial charge in [0, 0.05) is 34.9 Å². The number of pyridine rings is 1. The summed E-state index contributed by atoms with van der Waals surface area (Å²) in [5, 5.41) is 15.2. The number of benzene rings is 2. The maximum atomic E-state index is 10.6. The third kappa shape index (κ3) is 6.65. The number of nitrogens with one attached hydrogen (secondary N) is 1. The second-order valence-corrected chi connectivity index (χ2v) is 11.3. The van der Waals surface area contributed by atoms with E-state index in [-0.39, 0.29) is 0 Å². The van der Waals surface area contributed by atoms with Crippen LogP contribution in [0.3, 0.4) is 0 Å². The normalized spacial score (nSPS) is 17.5. The van der Waals surface area contributed by atoms with Crippen molar-refractivity contribution >= 4 is 17.2 Å². The Morgan fingerprint density at radius 1 is 1.11 bits per heavy atom. The van der Waals surface area contributed by atoms with E-state index in [0.29, 0.717) is 12.6 Å². The smallest absolute Gasteiger partial charge is 0.131 e. The second-order valence-electron chi connectivity index (χ2n) is 10.9. The molecule has 0 atom stereocenters. The summed E-state index contributed by atoms with van der Waals surface area (Å²) in [6, 6.07) is 18.9. The van der Waals surface area contributed by atoms with Crippen molar-refractivity contribution in [3.63, 3.8) is 0 Å². The van der Waals surface area contributed by atoms with E-state index in [2.05, 4.69) is 45.5 Å². The van der Waals surface area contributed by atoms with Crippen LogP contribution in [-0.4, -0.2) is 47.2 Å². The number of ether oxygens (including phenoxy) is 1. The van der Waals surface area contributed by atoms with Crippen LogP contribution in [0.5, 0.6) is 5.75 Å². The van der Waals surface area contributed by atoms with E-state index in [9.17, 15) is 5.11 Å². The Kier molecular flexibility index (Phi) is 8.49. The molecule has 5 rings (SSSR count). The van der Waals surface area contributed by atoms with Gasteiger partial charge in [0.25, 0.3) is 0 Å². The fourth-order valence-corrected chi connectivity index (χ4v) is 5.51. The van der Waals surface area contributed by atoms with E-state index < -0.39 is 5.60 Å². The molecule has 0 spiro atoms. The molecule has 0 amide bonds. The van der Waals surface area contributed by atoms with E-state index in [1.165, 1.54) is 18.4 Å². The Hall–Kier alpha value is -2.70. The lowest BCUT2D eigenvalue weighted by Crippen LogP contribution is -2.43. The molecule has 0 radical (unpaired) electrons. The van der Waals surface area contributed by atoms with Crippen LogP contribution in [0.2, 0.25) is 5.02 Å². The van der Waals surface area contributed by atoms with E-state index in [0.717, 1.165) is 77.8 Å². The first-order valence-electron chi connectivity index (χ1n) is 13.7. The highest BCUT2D eigenvalue weighted by Gasteiger charge is 2.24. The van der Waals surface area contributed by atoms with Gasteiger partial charge in [-0.15, -0.1) is 0 Å². The SMILES string of the molecule is CC(C)(O)c1ccc2c(c1)C(=CCCN1CCC(NCCc3ccc(Cl)cc3)CC1)c1cccnc1CO2. The van der Waals surface area contributed by atoms with Gasteiger partial charge in [0.2, 0.25) is 0 Å². The number of likely N-dealkylation sites (tertiary alicyclic amines) is 1. The fraction of sp³-hybridized carbons (Fsp3) is 0.406. The average Bonchev–Trinajstić information content (AvgIpc) is 3.07. The predicted molar refractivity (Wildman–Crippen MR) is 155 cm³/mol. The van der Waals surface area contributed by atoms with Gasteiger partial charge in [-0.25, -0.2) is 0 Å². The summed E-state index contributed by atoms with van der Waals surface area (Å²) in [4.78, 5) is 7.17. The summed E-state index contributed by atoms with van der Waals surface area (Å²) < 4.78 is 6.14. The quantitative estimate of drug-likeness (QED) is 0.375. The summed E-state index contributed by atoms with van der Waals surface area (Å²) in [6.45, 7) is 8.34. The summed E-state index contributed by atoms with van der Waals surface area (Å²) >= 11 is 5.99. The van der Waals surface area contributed by atoms with Gasteiger partial charge in [-0.05, 0) is 106 Å². The van der Waals surface area contributed by atoms with Gasteiger partial charge in [-0.3, -0.25) is 4.98 Å². The highest BCUT2D eigenvalue weighted by atomic mass is 35.5. The Labute approximate surface area is 231 Å². The van der Waals surface area contributed by atoms with Gasteiger partial charge < -0.3 is 20.1 Å². The maximum Gasteiger partial charge on any atom is 0.131 e. The van der Waals surface area contributed by atoms with Crippen LogP contribution < -0.4 is 10.1 Å². The number of nitrogens with zero attached hydrogens (tertiary/aromatic N) is 2. The van der Waals surface area contributed by atoms with Crippen molar-refractivity contribution in [2.45, 2.75) is 57.8 Å². The molecule has 2 aliphatic heterocycles. The predicted octanol–water partition coefficient (Wildman–Crippen LogP) is 5.97. The van der Waals surface area contributed by atoms with Crippen molar-refractivity contribution in [2.75, 3.05) is 26.2 Å². The largest absolute Gasteiger partial charge is 0.487 e. The van der Waals surface area contributed by atoms with Crippen LogP contribution in [0.4, 0.5) is 0 Å². The van der Waals surface area contributed by atoms with Gasteiger partial charge in [0.1, 0.15) is 12.4 Å². The highest BCUT2D eigenvalue weighted by molar-refractivity contribution is 6.30. The molecule has 1 aromatic heterocycles. The van der Waals surface area contributed by atoms with Crippen LogP contribution in [-0.2, 0) is 18.6 Å². The Morgan fingerprint density at radius 3 is 2.66 bits per heavy atom. The lowest BCUT2D eigenvalue weighted by Gasteiger charge is -2.32. The molecule has 0 aliphatic carbocycles. The number of aliphatic hydroxyl groups is 1. The minimum absolute atomic E-state index is 0.445. The molecular weight excluding hydrogens is 494 g/mol. The molecule has 1 saturated heterocycles. The second kappa shape index (κ2) is 12.0. The van der Waals surface area contributed by atoms with Crippen molar-refractivity contribution in [3.8, 4) is 5.75 Å². The molecule has 5 nitrogen and oxygen atoms in total. The molecule has 3 aromatic rings. The summed E-state index contributed by atoms with van der Waals surface area (Å²) in [5.41, 5.74) is 5.52. The van der Waals surface area contributed by atoms with Crippen molar-refractivity contribution in [1.82, 2.24) is 15.2 Å². The van der Waals surface area contributed by atoms with Gasteiger partial charge in [-0.2, -0.15) is 0 Å². The molecule has 38 heavy (non-hydrogen) atoms. The first kappa shape index (κ1) is 26.9. The van der Waals surface area contributed by atoms with Crippen LogP contribution in [0.1, 0.15) is 61.1 Å². The van der Waals surface area contributed by atoms with E-state index in [1.54, 1.807) is 0 Å². The number of hydrogen-bond donors (Lipinski definition) is 2. The Bertz CT molecular complexity index is 1260. The number of hydrogen-bond acceptors (Lipinski definition) is 5. The highest BCUT2D eigenvalue weighted by Crippen LogP contribution is 2.38. The van der Waals surface area contributed by atoms with Crippen molar-refractivity contribution < 1.29 is 9.84 Å². The van der Waals surface area contributed by atoms with Crippen LogP contribution in [0.15, 0.2) is 66.9 Å². The lowest BCUT2D eigenvalue weighted by molar-refractivity contribution is 0.0785. The lowest BCUT2D eigenvalue weighted by atomic mass is 9.90. The number of fused-ring (bicyclic) bond motifs is 2. The zero-order chi connectivity index (χ0) is 26.5. The van der Waals surface area contributed by atoms with Crippen molar-refractivity contribution in [1.29, 1.82) is 0 Å². The summed E-state index contributed by atoms with van der Waals surface area (Å²) in [7, 11) is 0. The molecule has 6 heteroatoms. The topological polar surface area (TPSA) is 57.6 Å². The minimum Gasteiger partial charge on any atom is -0.487 e.